The van der Waals surface area contributed by atoms with Gasteiger partial charge in [0.05, 0.1) is 5.75 Å². The number of nitrogens with two attached hydrogens (primary N) is 1. The summed E-state index contributed by atoms with van der Waals surface area (Å²) in [6.07, 6.45) is 9.70. The Morgan fingerprint density at radius 1 is 1.11 bits per heavy atom. The average molecular weight is 389 g/mol. The molecule has 4 saturated carbocycles. The molecule has 27 heavy (non-hydrogen) atoms. The van der Waals surface area contributed by atoms with Crippen molar-refractivity contribution in [3.05, 3.63) is 41.5 Å². The first-order chi connectivity index (χ1) is 12.7. The Kier molecular flexibility index (Phi) is 4.67. The van der Waals surface area contributed by atoms with Gasteiger partial charge in [0.2, 0.25) is 15.9 Å². The minimum atomic E-state index is -3.55. The molecule has 1 aromatic carbocycles. The summed E-state index contributed by atoms with van der Waals surface area (Å²) in [6, 6.07) is 6.78. The van der Waals surface area contributed by atoms with Crippen molar-refractivity contribution in [2.24, 2.45) is 28.3 Å². The molecule has 3 N–H and O–H groups in total. The van der Waals surface area contributed by atoms with E-state index in [2.05, 4.69) is 12.2 Å². The third kappa shape index (κ3) is 4.11. The van der Waals surface area contributed by atoms with E-state index in [1.807, 2.05) is 0 Å². The summed E-state index contributed by atoms with van der Waals surface area (Å²) in [5.74, 6) is 2.26. The van der Waals surface area contributed by atoms with E-state index in [4.69, 9.17) is 5.14 Å². The topological polar surface area (TPSA) is 89.3 Å². The highest BCUT2D eigenvalue weighted by Crippen LogP contribution is 2.62. The lowest BCUT2D eigenvalue weighted by Gasteiger charge is -2.57. The average Bonchev–Trinajstić information content (AvgIpc) is 2.54. The van der Waals surface area contributed by atoms with Gasteiger partial charge in [-0.05, 0) is 86.3 Å². The number of hydrogen-bond acceptors (Lipinski definition) is 3. The first-order valence-electron chi connectivity index (χ1n) is 9.80. The molecule has 4 aliphatic carbocycles. The maximum atomic E-state index is 12.5. The van der Waals surface area contributed by atoms with Gasteiger partial charge in [0.15, 0.2) is 0 Å². The number of hydrogen-bond donors (Lipinski definition) is 2. The van der Waals surface area contributed by atoms with Gasteiger partial charge in [-0.15, -0.1) is 0 Å². The zero-order chi connectivity index (χ0) is 19.2. The first kappa shape index (κ1) is 18.7. The van der Waals surface area contributed by atoms with Gasteiger partial charge in [-0.3, -0.25) is 4.79 Å². The van der Waals surface area contributed by atoms with Crippen LogP contribution in [0.2, 0.25) is 0 Å². The normalized spacial score (nSPS) is 32.5. The fourth-order valence-electron chi connectivity index (χ4n) is 6.04. The Balaban J connectivity index is 1.43. The fraction of sp³-hybridized carbons (Fsp3) is 0.571. The number of nitrogens with one attached hydrogen (secondary N) is 1. The monoisotopic (exact) mass is 388 g/mol. The van der Waals surface area contributed by atoms with Crippen LogP contribution < -0.4 is 10.5 Å². The van der Waals surface area contributed by atoms with Gasteiger partial charge in [-0.25, -0.2) is 13.6 Å². The lowest BCUT2D eigenvalue weighted by atomic mass is 9.48. The third-order valence-electron chi connectivity index (χ3n) is 6.81. The van der Waals surface area contributed by atoms with Crippen molar-refractivity contribution < 1.29 is 13.2 Å². The van der Waals surface area contributed by atoms with Gasteiger partial charge in [-0.1, -0.05) is 17.7 Å². The summed E-state index contributed by atoms with van der Waals surface area (Å²) in [5, 5.41) is 7.96. The van der Waals surface area contributed by atoms with Gasteiger partial charge in [0.25, 0.3) is 0 Å². The summed E-state index contributed by atoms with van der Waals surface area (Å²) in [4.78, 5) is 12.5. The molecule has 146 valence electrons. The smallest absolute Gasteiger partial charge is 0.248 e. The molecular weight excluding hydrogens is 360 g/mol. The quantitative estimate of drug-likeness (QED) is 0.756. The number of allylic oxidation sites excluding steroid dienone is 1. The molecule has 5 rings (SSSR count). The van der Waals surface area contributed by atoms with Gasteiger partial charge in [0, 0.05) is 11.8 Å². The standard InChI is InChI=1S/C21H28N2O3S/c1-14(21-10-16-7-17(11-21)9-18(8-16)12-21)6-20(24)23-19-4-2-15(3-5-19)13-27(22,25)26/h2-6,16-18H,7-13H2,1H3,(H,23,24)(H2,22,25,26)/b14-6+. The molecule has 0 aliphatic heterocycles. The van der Waals surface area contributed by atoms with Crippen LogP contribution in [0.5, 0.6) is 0 Å². The Hall–Kier alpha value is -1.66. The number of rotatable bonds is 5. The van der Waals surface area contributed by atoms with Gasteiger partial charge in [-0.2, -0.15) is 0 Å². The number of anilines is 1. The summed E-state index contributed by atoms with van der Waals surface area (Å²) in [5.41, 5.74) is 2.74. The summed E-state index contributed by atoms with van der Waals surface area (Å²) in [6.45, 7) is 2.13. The number of sulfonamides is 1. The number of benzene rings is 1. The largest absolute Gasteiger partial charge is 0.323 e. The second-order valence-electron chi connectivity index (χ2n) is 9.02. The minimum Gasteiger partial charge on any atom is -0.323 e. The lowest BCUT2D eigenvalue weighted by Crippen LogP contribution is -2.46. The highest BCUT2D eigenvalue weighted by atomic mass is 32.2. The SMILES string of the molecule is C/C(=C\C(=O)Nc1ccc(CS(N)(=O)=O)cc1)C12CC3CC(CC(C3)C1)C2. The molecule has 1 amide bonds. The Morgan fingerprint density at radius 2 is 1.63 bits per heavy atom. The molecule has 0 saturated heterocycles. The second kappa shape index (κ2) is 6.74. The Morgan fingerprint density at radius 3 is 2.11 bits per heavy atom. The third-order valence-corrected chi connectivity index (χ3v) is 7.55. The summed E-state index contributed by atoms with van der Waals surface area (Å²) >= 11 is 0. The summed E-state index contributed by atoms with van der Waals surface area (Å²) < 4.78 is 22.3. The van der Waals surface area contributed by atoms with E-state index >= 15 is 0 Å². The Labute approximate surface area is 161 Å². The number of amides is 1. The van der Waals surface area contributed by atoms with Crippen molar-refractivity contribution in [2.75, 3.05) is 5.32 Å². The van der Waals surface area contributed by atoms with E-state index < -0.39 is 10.0 Å². The first-order valence-corrected chi connectivity index (χ1v) is 11.5. The number of carbonyl (C=O) groups is 1. The van der Waals surface area contributed by atoms with E-state index in [9.17, 15) is 13.2 Å². The number of carbonyl (C=O) groups excluding carboxylic acids is 1. The molecule has 4 bridgehead atoms. The van der Waals surface area contributed by atoms with Crippen LogP contribution in [-0.4, -0.2) is 14.3 Å². The van der Waals surface area contributed by atoms with Crippen molar-refractivity contribution in [3.8, 4) is 0 Å². The zero-order valence-electron chi connectivity index (χ0n) is 15.8. The molecule has 6 heteroatoms. The van der Waals surface area contributed by atoms with Gasteiger partial charge < -0.3 is 5.32 Å². The molecule has 0 aromatic heterocycles. The molecule has 0 radical (unpaired) electrons. The molecule has 4 fully saturated rings. The van der Waals surface area contributed by atoms with Crippen LogP contribution in [0.3, 0.4) is 0 Å². The van der Waals surface area contributed by atoms with Crippen molar-refractivity contribution in [1.29, 1.82) is 0 Å². The van der Waals surface area contributed by atoms with Gasteiger partial charge >= 0.3 is 0 Å². The molecule has 1 aromatic rings. The maximum absolute atomic E-state index is 12.5. The molecular formula is C21H28N2O3S. The van der Waals surface area contributed by atoms with Crippen molar-refractivity contribution in [2.45, 2.75) is 51.2 Å². The Bertz CT molecular complexity index is 836. The molecule has 0 unspecified atom stereocenters. The molecule has 0 spiro atoms. The van der Waals surface area contributed by atoms with E-state index in [1.165, 1.54) is 44.1 Å². The van der Waals surface area contributed by atoms with Crippen LogP contribution in [0.25, 0.3) is 0 Å². The molecule has 0 atom stereocenters. The van der Waals surface area contributed by atoms with Crippen LogP contribution in [0, 0.1) is 23.2 Å². The van der Waals surface area contributed by atoms with Crippen molar-refractivity contribution in [3.63, 3.8) is 0 Å². The fourth-order valence-corrected chi connectivity index (χ4v) is 6.70. The highest BCUT2D eigenvalue weighted by Gasteiger charge is 2.51. The number of primary sulfonamides is 1. The van der Waals surface area contributed by atoms with E-state index in [0.29, 0.717) is 11.3 Å². The van der Waals surface area contributed by atoms with Crippen molar-refractivity contribution >= 4 is 21.6 Å². The second-order valence-corrected chi connectivity index (χ2v) is 10.6. The lowest BCUT2D eigenvalue weighted by molar-refractivity contribution is -0.112. The van der Waals surface area contributed by atoms with E-state index in [-0.39, 0.29) is 17.1 Å². The zero-order valence-corrected chi connectivity index (χ0v) is 16.6. The van der Waals surface area contributed by atoms with Gasteiger partial charge in [0.1, 0.15) is 0 Å². The predicted octanol–water partition coefficient (Wildman–Crippen LogP) is 3.58. The maximum Gasteiger partial charge on any atom is 0.248 e. The molecule has 0 heterocycles. The molecule has 4 aliphatic rings. The highest BCUT2D eigenvalue weighted by molar-refractivity contribution is 7.88. The molecule has 5 nitrogen and oxygen atoms in total. The van der Waals surface area contributed by atoms with Crippen molar-refractivity contribution in [1.82, 2.24) is 0 Å². The van der Waals surface area contributed by atoms with E-state index in [0.717, 1.165) is 17.8 Å². The van der Waals surface area contributed by atoms with Crippen LogP contribution >= 0.6 is 0 Å². The minimum absolute atomic E-state index is 0.109. The van der Waals surface area contributed by atoms with E-state index in [1.54, 1.807) is 30.3 Å². The predicted molar refractivity (Wildman–Crippen MR) is 106 cm³/mol. The van der Waals surface area contributed by atoms with Crippen LogP contribution in [0.1, 0.15) is 51.0 Å². The van der Waals surface area contributed by atoms with Crippen LogP contribution in [0.15, 0.2) is 35.9 Å². The summed E-state index contributed by atoms with van der Waals surface area (Å²) in [7, 11) is -3.55. The van der Waals surface area contributed by atoms with Crippen LogP contribution in [0.4, 0.5) is 5.69 Å². The van der Waals surface area contributed by atoms with Crippen LogP contribution in [-0.2, 0) is 20.6 Å².